The van der Waals surface area contributed by atoms with Gasteiger partial charge in [0.05, 0.1) is 13.7 Å². The van der Waals surface area contributed by atoms with Crippen LogP contribution >= 0.6 is 0 Å². The summed E-state index contributed by atoms with van der Waals surface area (Å²) < 4.78 is 6.32. The summed E-state index contributed by atoms with van der Waals surface area (Å²) in [6.45, 7) is 20.5. The normalized spacial score (nSPS) is 11.6. The van der Waals surface area contributed by atoms with Crippen molar-refractivity contribution >= 4 is 35.2 Å². The zero-order chi connectivity index (χ0) is 37.2. The molecule has 0 bridgehead atoms. The van der Waals surface area contributed by atoms with Gasteiger partial charge in [0.15, 0.2) is 0 Å². The van der Waals surface area contributed by atoms with E-state index in [1.54, 1.807) is 6.07 Å². The van der Waals surface area contributed by atoms with Crippen molar-refractivity contribution < 1.29 is 24.5 Å². The van der Waals surface area contributed by atoms with Gasteiger partial charge in [0.25, 0.3) is 0 Å². The van der Waals surface area contributed by atoms with Gasteiger partial charge in [-0.1, -0.05) is 119 Å². The summed E-state index contributed by atoms with van der Waals surface area (Å²) in [6, 6.07) is 39.4. The molecule has 0 aliphatic carbocycles. The number of fused-ring (bicyclic) bond motifs is 3. The van der Waals surface area contributed by atoms with E-state index in [1.807, 2.05) is 48.7 Å². The maximum Gasteiger partial charge on any atom is 0.121 e. The molecule has 0 saturated heterocycles. The van der Waals surface area contributed by atoms with Crippen LogP contribution in [0.2, 0.25) is 19.6 Å². The molecule has 4 aromatic carbocycles. The molecule has 271 valence electrons. The molecule has 7 aromatic rings. The standard InChI is InChI=1S/C30H25N2O.C17H22NSi.Ir/c1-19-18-32-26(15-23(19)16-30(2,3)4)24-12-10-22(17-31)28-25-14-21(20-8-6-5-7-9-20)11-13-27(25)33-29(24)28;1-13(2)15-11-16(14-9-7-6-8-10-14)18-12-17(15)19(3,4)5;/h5-11,13-15,18H,16H2,1-4H3;6-9,11-13H,1-5H3;/q2*-1;. The second kappa shape index (κ2) is 16.1. The van der Waals surface area contributed by atoms with Crippen LogP contribution in [0.1, 0.15) is 62.8 Å². The second-order valence-corrected chi connectivity index (χ2v) is 21.2. The fourth-order valence-corrected chi connectivity index (χ4v) is 8.33. The molecule has 53 heavy (non-hydrogen) atoms. The largest absolute Gasteiger partial charge is 0.501 e. The molecule has 7 rings (SSSR count). The van der Waals surface area contributed by atoms with E-state index in [1.165, 1.54) is 21.9 Å². The Morgan fingerprint density at radius 3 is 2.21 bits per heavy atom. The maximum atomic E-state index is 9.84. The topological polar surface area (TPSA) is 62.7 Å². The summed E-state index contributed by atoms with van der Waals surface area (Å²) in [5.74, 6) is 0.534. The van der Waals surface area contributed by atoms with Crippen LogP contribution in [-0.2, 0) is 26.5 Å². The van der Waals surface area contributed by atoms with Crippen molar-refractivity contribution in [3.8, 4) is 39.7 Å². The quantitative estimate of drug-likeness (QED) is 0.123. The second-order valence-electron chi connectivity index (χ2n) is 16.1. The Balaban J connectivity index is 0.000000232. The fraction of sp³-hybridized carbons (Fsp3) is 0.255. The van der Waals surface area contributed by atoms with Gasteiger partial charge in [-0.2, -0.15) is 0 Å². The van der Waals surface area contributed by atoms with Gasteiger partial charge in [-0.3, -0.25) is 0 Å². The Hall–Kier alpha value is -4.66. The fourth-order valence-electron chi connectivity index (χ4n) is 6.65. The minimum atomic E-state index is -1.34. The molecule has 0 spiro atoms. The van der Waals surface area contributed by atoms with Crippen LogP contribution in [0.4, 0.5) is 0 Å². The Bertz CT molecular complexity index is 2400. The van der Waals surface area contributed by atoms with E-state index in [4.69, 9.17) is 9.40 Å². The van der Waals surface area contributed by atoms with E-state index in [9.17, 15) is 5.26 Å². The summed E-state index contributed by atoms with van der Waals surface area (Å²) >= 11 is 0. The van der Waals surface area contributed by atoms with Crippen LogP contribution in [0.15, 0.2) is 108 Å². The van der Waals surface area contributed by atoms with Crippen LogP contribution in [0.25, 0.3) is 55.6 Å². The van der Waals surface area contributed by atoms with Crippen LogP contribution in [0, 0.1) is 35.8 Å². The molecule has 0 aliphatic rings. The van der Waals surface area contributed by atoms with Gasteiger partial charge in [-0.05, 0) is 81.0 Å². The Morgan fingerprint density at radius 1 is 0.849 bits per heavy atom. The number of aryl methyl sites for hydroxylation is 1. The summed E-state index contributed by atoms with van der Waals surface area (Å²) in [4.78, 5) is 9.37. The van der Waals surface area contributed by atoms with Crippen LogP contribution in [-0.4, -0.2) is 18.0 Å². The van der Waals surface area contributed by atoms with Crippen LogP contribution in [0.5, 0.6) is 0 Å². The van der Waals surface area contributed by atoms with Gasteiger partial charge >= 0.3 is 0 Å². The predicted octanol–water partition coefficient (Wildman–Crippen LogP) is 12.1. The molecule has 0 unspecified atom stereocenters. The van der Waals surface area contributed by atoms with Crippen molar-refractivity contribution in [1.82, 2.24) is 9.97 Å². The van der Waals surface area contributed by atoms with Gasteiger partial charge in [0.1, 0.15) is 5.58 Å². The molecule has 4 nitrogen and oxygen atoms in total. The Morgan fingerprint density at radius 2 is 1.57 bits per heavy atom. The van der Waals surface area contributed by atoms with Crippen molar-refractivity contribution in [3.63, 3.8) is 0 Å². The first-order valence-corrected chi connectivity index (χ1v) is 21.5. The molecule has 3 heterocycles. The molecule has 0 saturated carbocycles. The minimum absolute atomic E-state index is 0. The molecule has 0 N–H and O–H groups in total. The van der Waals surface area contributed by atoms with E-state index < -0.39 is 8.07 Å². The molecule has 6 heteroatoms. The average Bonchev–Trinajstić information content (AvgIpc) is 3.51. The zero-order valence-corrected chi connectivity index (χ0v) is 35.6. The predicted molar refractivity (Wildman–Crippen MR) is 219 cm³/mol. The molecule has 0 amide bonds. The third kappa shape index (κ3) is 8.94. The third-order valence-electron chi connectivity index (χ3n) is 9.32. The molecule has 1 radical (unpaired) electrons. The van der Waals surface area contributed by atoms with Crippen molar-refractivity contribution in [3.05, 3.63) is 138 Å². The smallest absolute Gasteiger partial charge is 0.121 e. The number of hydrogen-bond donors (Lipinski definition) is 0. The number of furan rings is 1. The van der Waals surface area contributed by atoms with Gasteiger partial charge in [-0.25, -0.2) is 5.26 Å². The summed E-state index contributed by atoms with van der Waals surface area (Å²) in [7, 11) is -1.34. The Kier molecular flexibility index (Phi) is 12.0. The summed E-state index contributed by atoms with van der Waals surface area (Å²) in [6.07, 6.45) is 4.97. The molecule has 0 atom stereocenters. The van der Waals surface area contributed by atoms with E-state index in [-0.39, 0.29) is 25.5 Å². The molecule has 0 aliphatic heterocycles. The van der Waals surface area contributed by atoms with E-state index in [0.29, 0.717) is 17.1 Å². The minimum Gasteiger partial charge on any atom is -0.501 e. The number of hydrogen-bond acceptors (Lipinski definition) is 4. The van der Waals surface area contributed by atoms with Crippen molar-refractivity contribution in [1.29, 1.82) is 5.26 Å². The van der Waals surface area contributed by atoms with Gasteiger partial charge in [-0.15, -0.1) is 48.0 Å². The monoisotopic (exact) mass is 890 g/mol. The molecular weight excluding hydrogens is 843 g/mol. The molecular formula is C47H47IrN3OSi-2. The van der Waals surface area contributed by atoms with Crippen molar-refractivity contribution in [2.45, 2.75) is 73.5 Å². The number of benzene rings is 4. The van der Waals surface area contributed by atoms with Crippen LogP contribution < -0.4 is 5.19 Å². The van der Waals surface area contributed by atoms with Gasteiger partial charge in [0.2, 0.25) is 0 Å². The maximum absolute atomic E-state index is 9.84. The number of rotatable bonds is 6. The first-order valence-electron chi connectivity index (χ1n) is 18.0. The van der Waals surface area contributed by atoms with Crippen LogP contribution in [0.3, 0.4) is 0 Å². The van der Waals surface area contributed by atoms with Crippen molar-refractivity contribution in [2.24, 2.45) is 5.41 Å². The van der Waals surface area contributed by atoms with E-state index in [0.717, 1.165) is 56.4 Å². The number of aromatic nitrogens is 2. The number of nitriles is 1. The van der Waals surface area contributed by atoms with E-state index in [2.05, 4.69) is 133 Å². The Labute approximate surface area is 329 Å². The van der Waals surface area contributed by atoms with E-state index >= 15 is 0 Å². The van der Waals surface area contributed by atoms with Gasteiger partial charge < -0.3 is 14.4 Å². The summed E-state index contributed by atoms with van der Waals surface area (Å²) in [5, 5.41) is 13.1. The first-order chi connectivity index (χ1) is 24.7. The molecule has 0 fully saturated rings. The first kappa shape index (κ1) is 39.5. The summed E-state index contributed by atoms with van der Waals surface area (Å²) in [5.41, 5.74) is 12.0. The zero-order valence-electron chi connectivity index (χ0n) is 32.2. The average molecular weight is 890 g/mol. The number of nitrogens with zero attached hydrogens (tertiary/aromatic N) is 3. The van der Waals surface area contributed by atoms with Gasteiger partial charge in [0, 0.05) is 44.0 Å². The van der Waals surface area contributed by atoms with Crippen molar-refractivity contribution in [2.75, 3.05) is 0 Å². The molecule has 3 aromatic heterocycles. The number of pyridine rings is 2. The third-order valence-corrected chi connectivity index (χ3v) is 11.3. The SMILES string of the molecule is CC(C)c1cc(-c2[c-]cccc2)ncc1[Si](C)(C)C.Cc1cnc(-c2[c-]cc(C#N)c3c2oc2ccc(-c4ccccc4)cc23)cc1CC(C)(C)C.[Ir].